The van der Waals surface area contributed by atoms with Crippen LogP contribution >= 0.6 is 0 Å². The number of benzene rings is 1. The Kier molecular flexibility index (Phi) is 6.07. The molecule has 0 saturated heterocycles. The lowest BCUT2D eigenvalue weighted by atomic mass is 10.0. The fourth-order valence-electron chi connectivity index (χ4n) is 2.91. The minimum atomic E-state index is 0.379. The van der Waals surface area contributed by atoms with E-state index in [1.807, 2.05) is 6.07 Å². The lowest BCUT2D eigenvalue weighted by Crippen LogP contribution is -2.38. The zero-order valence-corrected chi connectivity index (χ0v) is 13.9. The topological polar surface area (TPSA) is 24.5 Å². The van der Waals surface area contributed by atoms with Gasteiger partial charge in [0.15, 0.2) is 0 Å². The van der Waals surface area contributed by atoms with Gasteiger partial charge in [0.05, 0.1) is 7.11 Å². The van der Waals surface area contributed by atoms with E-state index >= 15 is 0 Å². The van der Waals surface area contributed by atoms with Crippen LogP contribution in [0.5, 0.6) is 5.75 Å². The SMILES string of the molecule is CCNC(CN(CC(C)C)C1CC1)c1cccc(OC)c1. The Labute approximate surface area is 129 Å². The van der Waals surface area contributed by atoms with Crippen LogP contribution in [0, 0.1) is 5.92 Å². The van der Waals surface area contributed by atoms with Crippen molar-refractivity contribution in [1.29, 1.82) is 0 Å². The van der Waals surface area contributed by atoms with Crippen LogP contribution in [0.4, 0.5) is 0 Å². The van der Waals surface area contributed by atoms with Gasteiger partial charge in [-0.25, -0.2) is 0 Å². The van der Waals surface area contributed by atoms with E-state index in [1.165, 1.54) is 24.9 Å². The Balaban J connectivity index is 2.09. The van der Waals surface area contributed by atoms with Gasteiger partial charge in [-0.3, -0.25) is 4.90 Å². The molecule has 3 heteroatoms. The number of ether oxygens (including phenoxy) is 1. The molecular weight excluding hydrogens is 260 g/mol. The summed E-state index contributed by atoms with van der Waals surface area (Å²) in [5, 5.41) is 3.64. The fourth-order valence-corrected chi connectivity index (χ4v) is 2.91. The van der Waals surface area contributed by atoms with Gasteiger partial charge in [-0.1, -0.05) is 32.9 Å². The molecule has 1 unspecified atom stereocenters. The van der Waals surface area contributed by atoms with Crippen LogP contribution in [0.3, 0.4) is 0 Å². The summed E-state index contributed by atoms with van der Waals surface area (Å²) in [6, 6.07) is 9.65. The standard InChI is InChI=1S/C18H30N2O/c1-5-19-18(15-7-6-8-17(11-15)21-4)13-20(12-14(2)3)16-9-10-16/h6-8,11,14,16,18-19H,5,9-10,12-13H2,1-4H3. The summed E-state index contributed by atoms with van der Waals surface area (Å²) in [7, 11) is 1.73. The molecule has 0 heterocycles. The summed E-state index contributed by atoms with van der Waals surface area (Å²) < 4.78 is 5.37. The van der Waals surface area contributed by atoms with Crippen molar-refractivity contribution in [3.63, 3.8) is 0 Å². The highest BCUT2D eigenvalue weighted by Crippen LogP contribution is 2.30. The predicted molar refractivity (Wildman–Crippen MR) is 88.8 cm³/mol. The maximum atomic E-state index is 5.37. The third kappa shape index (κ3) is 5.01. The van der Waals surface area contributed by atoms with Crippen LogP contribution in [0.1, 0.15) is 45.2 Å². The quantitative estimate of drug-likeness (QED) is 0.753. The molecular formula is C18H30N2O. The van der Waals surface area contributed by atoms with Crippen molar-refractivity contribution in [1.82, 2.24) is 10.2 Å². The van der Waals surface area contributed by atoms with Crippen molar-refractivity contribution in [2.75, 3.05) is 26.7 Å². The van der Waals surface area contributed by atoms with Gasteiger partial charge >= 0.3 is 0 Å². The van der Waals surface area contributed by atoms with Crippen LogP contribution in [0.25, 0.3) is 0 Å². The molecule has 21 heavy (non-hydrogen) atoms. The predicted octanol–water partition coefficient (Wildman–Crippen LogP) is 3.47. The van der Waals surface area contributed by atoms with E-state index < -0.39 is 0 Å². The summed E-state index contributed by atoms with van der Waals surface area (Å²) in [5.74, 6) is 1.66. The largest absolute Gasteiger partial charge is 0.497 e. The minimum Gasteiger partial charge on any atom is -0.497 e. The van der Waals surface area contributed by atoms with E-state index in [9.17, 15) is 0 Å². The van der Waals surface area contributed by atoms with Crippen LogP contribution in [0.2, 0.25) is 0 Å². The number of hydrogen-bond acceptors (Lipinski definition) is 3. The van der Waals surface area contributed by atoms with E-state index in [0.717, 1.165) is 30.8 Å². The second-order valence-electron chi connectivity index (χ2n) is 6.47. The Morgan fingerprint density at radius 1 is 1.29 bits per heavy atom. The molecule has 0 amide bonds. The highest BCUT2D eigenvalue weighted by atomic mass is 16.5. The Hall–Kier alpha value is -1.06. The van der Waals surface area contributed by atoms with Crippen molar-refractivity contribution in [2.45, 2.75) is 45.7 Å². The number of nitrogens with zero attached hydrogens (tertiary/aromatic N) is 1. The molecule has 0 aromatic heterocycles. The third-order valence-corrected chi connectivity index (χ3v) is 4.03. The molecule has 0 radical (unpaired) electrons. The maximum absolute atomic E-state index is 5.37. The summed E-state index contributed by atoms with van der Waals surface area (Å²) in [5.41, 5.74) is 1.32. The number of likely N-dealkylation sites (N-methyl/N-ethyl adjacent to an activating group) is 1. The number of rotatable bonds is 9. The summed E-state index contributed by atoms with van der Waals surface area (Å²) in [6.07, 6.45) is 2.73. The molecule has 1 fully saturated rings. The molecule has 1 aliphatic carbocycles. The van der Waals surface area contributed by atoms with Gasteiger partial charge in [-0.15, -0.1) is 0 Å². The average molecular weight is 290 g/mol. The molecule has 1 aliphatic rings. The first-order valence-corrected chi connectivity index (χ1v) is 8.25. The van der Waals surface area contributed by atoms with E-state index in [4.69, 9.17) is 4.74 Å². The zero-order chi connectivity index (χ0) is 15.2. The Morgan fingerprint density at radius 3 is 2.62 bits per heavy atom. The Morgan fingerprint density at radius 2 is 2.05 bits per heavy atom. The van der Waals surface area contributed by atoms with E-state index in [-0.39, 0.29) is 0 Å². The minimum absolute atomic E-state index is 0.379. The van der Waals surface area contributed by atoms with Crippen molar-refractivity contribution >= 4 is 0 Å². The van der Waals surface area contributed by atoms with Crippen molar-refractivity contribution in [3.05, 3.63) is 29.8 Å². The van der Waals surface area contributed by atoms with Crippen molar-refractivity contribution in [3.8, 4) is 5.75 Å². The van der Waals surface area contributed by atoms with Gasteiger partial charge in [0, 0.05) is 25.2 Å². The van der Waals surface area contributed by atoms with Gasteiger partial charge in [0.2, 0.25) is 0 Å². The Bertz CT molecular complexity index is 429. The number of nitrogens with one attached hydrogen (secondary N) is 1. The molecule has 0 aliphatic heterocycles. The van der Waals surface area contributed by atoms with E-state index in [2.05, 4.69) is 49.2 Å². The molecule has 1 aromatic rings. The lowest BCUT2D eigenvalue weighted by molar-refractivity contribution is 0.210. The molecule has 2 rings (SSSR count). The summed E-state index contributed by atoms with van der Waals surface area (Å²) >= 11 is 0. The number of hydrogen-bond donors (Lipinski definition) is 1. The normalized spacial score (nSPS) is 16.5. The molecule has 0 spiro atoms. The van der Waals surface area contributed by atoms with Crippen LogP contribution in [0.15, 0.2) is 24.3 Å². The highest BCUT2D eigenvalue weighted by molar-refractivity contribution is 5.30. The van der Waals surface area contributed by atoms with Crippen molar-refractivity contribution in [2.24, 2.45) is 5.92 Å². The maximum Gasteiger partial charge on any atom is 0.119 e. The molecule has 1 atom stereocenters. The summed E-state index contributed by atoms with van der Waals surface area (Å²) in [4.78, 5) is 2.66. The number of methoxy groups -OCH3 is 1. The van der Waals surface area contributed by atoms with Crippen LogP contribution < -0.4 is 10.1 Å². The van der Waals surface area contributed by atoms with Crippen molar-refractivity contribution < 1.29 is 4.74 Å². The molecule has 1 aromatic carbocycles. The second-order valence-corrected chi connectivity index (χ2v) is 6.47. The first-order valence-electron chi connectivity index (χ1n) is 8.25. The van der Waals surface area contributed by atoms with Crippen LogP contribution in [-0.4, -0.2) is 37.7 Å². The molecule has 1 N–H and O–H groups in total. The summed E-state index contributed by atoms with van der Waals surface area (Å²) in [6.45, 7) is 10.1. The zero-order valence-electron chi connectivity index (χ0n) is 13.9. The molecule has 1 saturated carbocycles. The molecule has 118 valence electrons. The van der Waals surface area contributed by atoms with E-state index in [1.54, 1.807) is 7.11 Å². The first kappa shape index (κ1) is 16.3. The highest BCUT2D eigenvalue weighted by Gasteiger charge is 2.31. The van der Waals surface area contributed by atoms with Gasteiger partial charge in [0.25, 0.3) is 0 Å². The van der Waals surface area contributed by atoms with Gasteiger partial charge in [0.1, 0.15) is 5.75 Å². The lowest BCUT2D eigenvalue weighted by Gasteiger charge is -2.29. The van der Waals surface area contributed by atoms with Gasteiger partial charge in [-0.2, -0.15) is 0 Å². The smallest absolute Gasteiger partial charge is 0.119 e. The van der Waals surface area contributed by atoms with Gasteiger partial charge < -0.3 is 10.1 Å². The van der Waals surface area contributed by atoms with E-state index in [0.29, 0.717) is 6.04 Å². The average Bonchev–Trinajstić information content (AvgIpc) is 3.30. The fraction of sp³-hybridized carbons (Fsp3) is 0.667. The molecule has 0 bridgehead atoms. The second kappa shape index (κ2) is 7.81. The first-order chi connectivity index (χ1) is 10.1. The van der Waals surface area contributed by atoms with Crippen LogP contribution in [-0.2, 0) is 0 Å². The molecule has 3 nitrogen and oxygen atoms in total. The monoisotopic (exact) mass is 290 g/mol. The third-order valence-electron chi connectivity index (χ3n) is 4.03. The van der Waals surface area contributed by atoms with Gasteiger partial charge in [-0.05, 0) is 43.0 Å².